The van der Waals surface area contributed by atoms with Gasteiger partial charge in [-0.05, 0) is 12.1 Å². The van der Waals surface area contributed by atoms with Crippen LogP contribution >= 0.6 is 0 Å². The number of benzene rings is 1. The third kappa shape index (κ3) is 2.17. The Bertz CT molecular complexity index is 533. The molecule has 0 amide bonds. The molecule has 0 saturated carbocycles. The highest BCUT2D eigenvalue weighted by atomic mass is 19.4. The highest BCUT2D eigenvalue weighted by molar-refractivity contribution is 5.68. The van der Waals surface area contributed by atoms with E-state index in [9.17, 15) is 18.0 Å². The highest BCUT2D eigenvalue weighted by Crippen LogP contribution is 2.29. The number of alkyl halides is 3. The predicted molar refractivity (Wildman–Crippen MR) is 51.7 cm³/mol. The van der Waals surface area contributed by atoms with Gasteiger partial charge < -0.3 is 0 Å². The van der Waals surface area contributed by atoms with E-state index < -0.39 is 17.8 Å². The molecule has 7 heteroatoms. The SMILES string of the molecule is O=Cc1nc(C(F)(F)F)n(-c2ccccc2)n1. The van der Waals surface area contributed by atoms with Gasteiger partial charge in [0.15, 0.2) is 6.29 Å². The summed E-state index contributed by atoms with van der Waals surface area (Å²) in [6, 6.07) is 7.68. The number of aldehydes is 1. The molecule has 0 unspecified atom stereocenters. The second-order valence-electron chi connectivity index (χ2n) is 3.16. The summed E-state index contributed by atoms with van der Waals surface area (Å²) in [6.07, 6.45) is -4.49. The van der Waals surface area contributed by atoms with Crippen molar-refractivity contribution in [2.45, 2.75) is 6.18 Å². The Hall–Kier alpha value is -2.18. The summed E-state index contributed by atoms with van der Waals surface area (Å²) >= 11 is 0. The summed E-state index contributed by atoms with van der Waals surface area (Å²) < 4.78 is 38.5. The van der Waals surface area contributed by atoms with E-state index in [0.29, 0.717) is 4.68 Å². The van der Waals surface area contributed by atoms with Gasteiger partial charge in [0.1, 0.15) is 0 Å². The van der Waals surface area contributed by atoms with Crippen LogP contribution in [-0.2, 0) is 6.18 Å². The van der Waals surface area contributed by atoms with Crippen LogP contribution in [0.2, 0.25) is 0 Å². The quantitative estimate of drug-likeness (QED) is 0.756. The molecule has 0 N–H and O–H groups in total. The fraction of sp³-hybridized carbons (Fsp3) is 0.100. The third-order valence-electron chi connectivity index (χ3n) is 1.98. The minimum atomic E-state index is -4.66. The van der Waals surface area contributed by atoms with E-state index in [2.05, 4.69) is 10.1 Å². The van der Waals surface area contributed by atoms with Crippen molar-refractivity contribution in [3.63, 3.8) is 0 Å². The maximum absolute atomic E-state index is 12.6. The monoisotopic (exact) mass is 241 g/mol. The lowest BCUT2D eigenvalue weighted by Crippen LogP contribution is -2.14. The molecule has 0 atom stereocenters. The molecule has 88 valence electrons. The summed E-state index contributed by atoms with van der Waals surface area (Å²) in [5, 5.41) is 3.48. The second-order valence-corrected chi connectivity index (χ2v) is 3.16. The zero-order valence-electron chi connectivity index (χ0n) is 8.35. The van der Waals surface area contributed by atoms with Gasteiger partial charge >= 0.3 is 6.18 Å². The van der Waals surface area contributed by atoms with Crippen molar-refractivity contribution in [3.05, 3.63) is 42.0 Å². The van der Waals surface area contributed by atoms with Crippen LogP contribution in [0.4, 0.5) is 13.2 Å². The number of rotatable bonds is 2. The topological polar surface area (TPSA) is 47.8 Å². The Morgan fingerprint density at radius 2 is 1.82 bits per heavy atom. The molecule has 17 heavy (non-hydrogen) atoms. The third-order valence-corrected chi connectivity index (χ3v) is 1.98. The maximum Gasteiger partial charge on any atom is 0.451 e. The van der Waals surface area contributed by atoms with E-state index in [1.807, 2.05) is 0 Å². The first-order valence-corrected chi connectivity index (χ1v) is 4.57. The normalized spacial score (nSPS) is 11.5. The lowest BCUT2D eigenvalue weighted by molar-refractivity contribution is -0.146. The van der Waals surface area contributed by atoms with Crippen molar-refractivity contribution < 1.29 is 18.0 Å². The summed E-state index contributed by atoms with van der Waals surface area (Å²) in [5.41, 5.74) is 0.195. The smallest absolute Gasteiger partial charge is 0.294 e. The van der Waals surface area contributed by atoms with E-state index in [1.165, 1.54) is 12.1 Å². The van der Waals surface area contributed by atoms with Crippen LogP contribution in [0.1, 0.15) is 16.4 Å². The average molecular weight is 241 g/mol. The standard InChI is InChI=1S/C10H6F3N3O/c11-10(12,13)9-14-8(6-17)15-16(9)7-4-2-1-3-5-7/h1-6H. The van der Waals surface area contributed by atoms with E-state index >= 15 is 0 Å². The molecular formula is C10H6F3N3O. The lowest BCUT2D eigenvalue weighted by Gasteiger charge is -2.07. The first kappa shape index (κ1) is 11.3. The van der Waals surface area contributed by atoms with Gasteiger partial charge in [-0.25, -0.2) is 4.68 Å². The summed E-state index contributed by atoms with van der Waals surface area (Å²) in [6.45, 7) is 0. The van der Waals surface area contributed by atoms with Gasteiger partial charge in [0, 0.05) is 0 Å². The van der Waals surface area contributed by atoms with Crippen molar-refractivity contribution in [2.24, 2.45) is 0 Å². The number of nitrogens with zero attached hydrogens (tertiary/aromatic N) is 3. The van der Waals surface area contributed by atoms with Crippen LogP contribution in [0.5, 0.6) is 0 Å². The molecule has 0 spiro atoms. The van der Waals surface area contributed by atoms with E-state index in [0.717, 1.165) is 0 Å². The molecule has 0 saturated heterocycles. The molecule has 1 aromatic carbocycles. The Balaban J connectivity index is 2.61. The molecule has 0 aliphatic carbocycles. The molecular weight excluding hydrogens is 235 g/mol. The van der Waals surface area contributed by atoms with Gasteiger partial charge in [-0.1, -0.05) is 18.2 Å². The second kappa shape index (κ2) is 4.00. The van der Waals surface area contributed by atoms with Crippen LogP contribution in [0.15, 0.2) is 30.3 Å². The fourth-order valence-electron chi connectivity index (χ4n) is 1.31. The van der Waals surface area contributed by atoms with Gasteiger partial charge in [0.05, 0.1) is 5.69 Å². The highest BCUT2D eigenvalue weighted by Gasteiger charge is 2.38. The zero-order valence-corrected chi connectivity index (χ0v) is 8.35. The molecule has 2 aromatic rings. The number of carbonyl (C=O) groups excluding carboxylic acids is 1. The number of aromatic nitrogens is 3. The predicted octanol–water partition coefficient (Wildman–Crippen LogP) is 2.10. The van der Waals surface area contributed by atoms with Crippen LogP contribution < -0.4 is 0 Å². The molecule has 0 fully saturated rings. The minimum absolute atomic E-state index is 0.175. The Morgan fingerprint density at radius 3 is 2.35 bits per heavy atom. The van der Waals surface area contributed by atoms with Crippen molar-refractivity contribution >= 4 is 6.29 Å². The number of para-hydroxylation sites is 1. The molecule has 1 heterocycles. The largest absolute Gasteiger partial charge is 0.451 e. The molecule has 0 bridgehead atoms. The van der Waals surface area contributed by atoms with Crippen LogP contribution in [0.25, 0.3) is 5.69 Å². The van der Waals surface area contributed by atoms with E-state index in [-0.39, 0.29) is 12.0 Å². The zero-order chi connectivity index (χ0) is 12.5. The number of carbonyl (C=O) groups is 1. The van der Waals surface area contributed by atoms with Gasteiger partial charge in [-0.3, -0.25) is 4.79 Å². The van der Waals surface area contributed by atoms with Crippen LogP contribution in [0, 0.1) is 0 Å². The van der Waals surface area contributed by atoms with E-state index in [1.54, 1.807) is 18.2 Å². The molecule has 1 aromatic heterocycles. The molecule has 0 aliphatic rings. The average Bonchev–Trinajstić information content (AvgIpc) is 2.74. The maximum atomic E-state index is 12.6. The van der Waals surface area contributed by atoms with Crippen molar-refractivity contribution in [2.75, 3.05) is 0 Å². The summed E-state index contributed by atoms with van der Waals surface area (Å²) in [5.74, 6) is -1.72. The fourth-order valence-corrected chi connectivity index (χ4v) is 1.31. The lowest BCUT2D eigenvalue weighted by atomic mass is 10.3. The molecule has 0 aliphatic heterocycles. The minimum Gasteiger partial charge on any atom is -0.294 e. The number of hydrogen-bond donors (Lipinski definition) is 0. The summed E-state index contributed by atoms with van der Waals surface area (Å²) in [7, 11) is 0. The van der Waals surface area contributed by atoms with E-state index in [4.69, 9.17) is 0 Å². The van der Waals surface area contributed by atoms with Crippen LogP contribution in [-0.4, -0.2) is 21.1 Å². The van der Waals surface area contributed by atoms with Gasteiger partial charge in [0.25, 0.3) is 0 Å². The Labute approximate surface area is 93.7 Å². The van der Waals surface area contributed by atoms with Crippen LogP contribution in [0.3, 0.4) is 0 Å². The van der Waals surface area contributed by atoms with Gasteiger partial charge in [0.2, 0.25) is 11.6 Å². The van der Waals surface area contributed by atoms with Gasteiger partial charge in [-0.15, -0.1) is 5.10 Å². The molecule has 2 rings (SSSR count). The van der Waals surface area contributed by atoms with Crippen molar-refractivity contribution in [3.8, 4) is 5.69 Å². The van der Waals surface area contributed by atoms with Crippen molar-refractivity contribution in [1.82, 2.24) is 14.8 Å². The first-order chi connectivity index (χ1) is 8.02. The number of hydrogen-bond acceptors (Lipinski definition) is 3. The van der Waals surface area contributed by atoms with Gasteiger partial charge in [-0.2, -0.15) is 18.2 Å². The molecule has 4 nitrogen and oxygen atoms in total. The first-order valence-electron chi connectivity index (χ1n) is 4.57. The molecule has 0 radical (unpaired) electrons. The Morgan fingerprint density at radius 1 is 1.18 bits per heavy atom. The number of halogens is 3. The summed E-state index contributed by atoms with van der Waals surface area (Å²) in [4.78, 5) is 13.6. The van der Waals surface area contributed by atoms with Crippen molar-refractivity contribution in [1.29, 1.82) is 0 Å². The Kier molecular flexibility index (Phi) is 2.66.